The molecular weight excluding hydrogens is 279 g/mol. The molecule has 2 rings (SSSR count). The Morgan fingerprint density at radius 3 is 2.40 bits per heavy atom. The second kappa shape index (κ2) is 5.17. The molecule has 2 aromatic rings. The van der Waals surface area contributed by atoms with Crippen LogP contribution < -0.4 is 0 Å². The molecule has 0 amide bonds. The van der Waals surface area contributed by atoms with Crippen molar-refractivity contribution in [1.82, 2.24) is 0 Å². The van der Waals surface area contributed by atoms with Crippen molar-refractivity contribution in [3.8, 4) is 0 Å². The maximum atomic E-state index is 13.0. The number of rotatable bonds is 3. The number of ketones is 1. The van der Waals surface area contributed by atoms with E-state index in [4.69, 9.17) is 0 Å². The van der Waals surface area contributed by atoms with Crippen molar-refractivity contribution in [1.29, 1.82) is 0 Å². The summed E-state index contributed by atoms with van der Waals surface area (Å²) in [5.41, 5.74) is 1.14. The van der Waals surface area contributed by atoms with Crippen molar-refractivity contribution in [3.63, 3.8) is 0 Å². The topological polar surface area (TPSA) is 51.2 Å². The molecule has 0 unspecified atom stereocenters. The minimum Gasteiger partial charge on any atom is -0.289 e. The fourth-order valence-electron chi connectivity index (χ4n) is 1.91. The molecule has 0 saturated carbocycles. The molecule has 0 fully saturated rings. The first-order valence-electron chi connectivity index (χ1n) is 5.90. The second-order valence-electron chi connectivity index (χ2n) is 4.59. The van der Waals surface area contributed by atoms with Gasteiger partial charge >= 0.3 is 0 Å². The Bertz CT molecular complexity index is 779. The molecule has 2 aromatic carbocycles. The lowest BCUT2D eigenvalue weighted by Crippen LogP contribution is -2.06. The summed E-state index contributed by atoms with van der Waals surface area (Å²) in [5.74, 6) is -0.739. The minimum absolute atomic E-state index is 0.0862. The van der Waals surface area contributed by atoms with Gasteiger partial charge in [0.1, 0.15) is 5.82 Å². The minimum atomic E-state index is -3.37. The first-order valence-corrected chi connectivity index (χ1v) is 7.79. The van der Waals surface area contributed by atoms with E-state index in [1.54, 1.807) is 13.0 Å². The van der Waals surface area contributed by atoms with Crippen LogP contribution in [-0.4, -0.2) is 20.5 Å². The Labute approximate surface area is 117 Å². The zero-order valence-corrected chi connectivity index (χ0v) is 11.9. The molecule has 0 aliphatic heterocycles. The number of halogens is 1. The predicted octanol–water partition coefficient (Wildman–Crippen LogP) is 2.77. The third kappa shape index (κ3) is 2.93. The molecule has 5 heteroatoms. The molecule has 0 atom stereocenters. The molecule has 104 valence electrons. The van der Waals surface area contributed by atoms with Gasteiger partial charge in [0, 0.05) is 17.4 Å². The molecule has 0 aliphatic carbocycles. The molecule has 0 aromatic heterocycles. The van der Waals surface area contributed by atoms with Gasteiger partial charge in [-0.2, -0.15) is 0 Å². The van der Waals surface area contributed by atoms with E-state index in [9.17, 15) is 17.6 Å². The Morgan fingerprint density at radius 2 is 1.80 bits per heavy atom. The van der Waals surface area contributed by atoms with Crippen LogP contribution in [0.3, 0.4) is 0 Å². The highest BCUT2D eigenvalue weighted by Crippen LogP contribution is 2.18. The summed E-state index contributed by atoms with van der Waals surface area (Å²) < 4.78 is 36.0. The van der Waals surface area contributed by atoms with Crippen LogP contribution in [0.2, 0.25) is 0 Å². The van der Waals surface area contributed by atoms with Crippen LogP contribution in [0.15, 0.2) is 47.4 Å². The number of sulfone groups is 1. The summed E-state index contributed by atoms with van der Waals surface area (Å²) in [6.45, 7) is 1.64. The van der Waals surface area contributed by atoms with Gasteiger partial charge in [0.2, 0.25) is 0 Å². The quantitative estimate of drug-likeness (QED) is 0.817. The third-order valence-corrected chi connectivity index (χ3v) is 4.07. The molecule has 3 nitrogen and oxygen atoms in total. The molecular formula is C15H13FO3S. The molecule has 0 N–H and O–H groups in total. The lowest BCUT2D eigenvalue weighted by atomic mass is 9.99. The second-order valence-corrected chi connectivity index (χ2v) is 6.60. The van der Waals surface area contributed by atoms with E-state index in [-0.39, 0.29) is 16.2 Å². The third-order valence-electron chi connectivity index (χ3n) is 2.96. The van der Waals surface area contributed by atoms with Crippen molar-refractivity contribution in [2.45, 2.75) is 11.8 Å². The van der Waals surface area contributed by atoms with Gasteiger partial charge < -0.3 is 0 Å². The standard InChI is InChI=1S/C15H13FO3S/c1-10-8-12(16)6-7-14(10)15(17)11-4-3-5-13(9-11)20(2,18)19/h3-9H,1-2H3. The first-order chi connectivity index (χ1) is 9.29. The van der Waals surface area contributed by atoms with Gasteiger partial charge in [-0.05, 0) is 42.8 Å². The number of carbonyl (C=O) groups excluding carboxylic acids is 1. The zero-order valence-electron chi connectivity index (χ0n) is 11.1. The van der Waals surface area contributed by atoms with Crippen LogP contribution in [0, 0.1) is 12.7 Å². The van der Waals surface area contributed by atoms with Crippen LogP contribution in [0.1, 0.15) is 21.5 Å². The van der Waals surface area contributed by atoms with E-state index >= 15 is 0 Å². The summed E-state index contributed by atoms with van der Waals surface area (Å²) in [5, 5.41) is 0. The SMILES string of the molecule is Cc1cc(F)ccc1C(=O)c1cccc(S(C)(=O)=O)c1. The summed E-state index contributed by atoms with van der Waals surface area (Å²) >= 11 is 0. The highest BCUT2D eigenvalue weighted by molar-refractivity contribution is 7.90. The van der Waals surface area contributed by atoms with Gasteiger partial charge in [-0.15, -0.1) is 0 Å². The molecule has 0 spiro atoms. The van der Waals surface area contributed by atoms with Crippen LogP contribution in [0.5, 0.6) is 0 Å². The number of carbonyl (C=O) groups is 1. The monoisotopic (exact) mass is 292 g/mol. The van der Waals surface area contributed by atoms with Crippen LogP contribution in [0.25, 0.3) is 0 Å². The fraction of sp³-hybridized carbons (Fsp3) is 0.133. The average molecular weight is 292 g/mol. The van der Waals surface area contributed by atoms with Gasteiger partial charge in [-0.1, -0.05) is 12.1 Å². The van der Waals surface area contributed by atoms with Crippen molar-refractivity contribution in [2.24, 2.45) is 0 Å². The van der Waals surface area contributed by atoms with Crippen LogP contribution in [0.4, 0.5) is 4.39 Å². The molecule has 0 heterocycles. The summed E-state index contributed by atoms with van der Waals surface area (Å²) in [6, 6.07) is 9.71. The smallest absolute Gasteiger partial charge is 0.193 e. The molecule has 0 radical (unpaired) electrons. The number of aryl methyl sites for hydroxylation is 1. The van der Waals surface area contributed by atoms with Crippen molar-refractivity contribution in [2.75, 3.05) is 6.26 Å². The lowest BCUT2D eigenvalue weighted by Gasteiger charge is -2.06. The van der Waals surface area contributed by atoms with E-state index in [1.807, 2.05) is 0 Å². The van der Waals surface area contributed by atoms with E-state index in [1.165, 1.54) is 36.4 Å². The van der Waals surface area contributed by atoms with Crippen molar-refractivity contribution >= 4 is 15.6 Å². The largest absolute Gasteiger partial charge is 0.289 e. The van der Waals surface area contributed by atoms with E-state index in [2.05, 4.69) is 0 Å². The Kier molecular flexibility index (Phi) is 3.72. The van der Waals surface area contributed by atoms with Gasteiger partial charge in [-0.3, -0.25) is 4.79 Å². The molecule has 0 bridgehead atoms. The molecule has 0 aliphatic rings. The molecule has 20 heavy (non-hydrogen) atoms. The maximum Gasteiger partial charge on any atom is 0.193 e. The van der Waals surface area contributed by atoms with E-state index in [0.29, 0.717) is 11.1 Å². The number of hydrogen-bond acceptors (Lipinski definition) is 3. The van der Waals surface area contributed by atoms with Crippen molar-refractivity contribution in [3.05, 3.63) is 65.0 Å². The average Bonchev–Trinajstić information content (AvgIpc) is 2.37. The molecule has 0 saturated heterocycles. The highest BCUT2D eigenvalue weighted by atomic mass is 32.2. The van der Waals surface area contributed by atoms with Crippen LogP contribution >= 0.6 is 0 Å². The van der Waals surface area contributed by atoms with E-state index in [0.717, 1.165) is 6.26 Å². The Morgan fingerprint density at radius 1 is 1.10 bits per heavy atom. The first kappa shape index (κ1) is 14.4. The maximum absolute atomic E-state index is 13.0. The summed E-state index contributed by atoms with van der Waals surface area (Å²) in [7, 11) is -3.37. The fourth-order valence-corrected chi connectivity index (χ4v) is 2.57. The van der Waals surface area contributed by atoms with Gasteiger partial charge in [0.15, 0.2) is 15.6 Å². The summed E-state index contributed by atoms with van der Waals surface area (Å²) in [4.78, 5) is 12.4. The van der Waals surface area contributed by atoms with Gasteiger partial charge in [0.05, 0.1) is 4.90 Å². The summed E-state index contributed by atoms with van der Waals surface area (Å²) in [6.07, 6.45) is 1.08. The highest BCUT2D eigenvalue weighted by Gasteiger charge is 2.15. The predicted molar refractivity (Wildman–Crippen MR) is 74.1 cm³/mol. The van der Waals surface area contributed by atoms with E-state index < -0.39 is 15.7 Å². The number of hydrogen-bond donors (Lipinski definition) is 0. The number of benzene rings is 2. The normalized spacial score (nSPS) is 11.3. The van der Waals surface area contributed by atoms with Crippen LogP contribution in [-0.2, 0) is 9.84 Å². The Balaban J connectivity index is 2.49. The Hall–Kier alpha value is -2.01. The lowest BCUT2D eigenvalue weighted by molar-refractivity contribution is 0.103. The van der Waals surface area contributed by atoms with Gasteiger partial charge in [-0.25, -0.2) is 12.8 Å². The van der Waals surface area contributed by atoms with Crippen molar-refractivity contribution < 1.29 is 17.6 Å². The zero-order chi connectivity index (χ0) is 14.9. The van der Waals surface area contributed by atoms with Gasteiger partial charge in [0.25, 0.3) is 0 Å².